The standard InChI is InChI=1S/C19H30N4O5S2.ClH/c1-7-22(8-2)11-12-23(16(24)13-21(3)30(6,25)26)19-20-17-14(27-4)9-10-15(28-5)18(17)29-19;/h9-10H,7-8,11-13H2,1-6H3;1H. The molecular weight excluding hydrogens is 464 g/mol. The van der Waals surface area contributed by atoms with Gasteiger partial charge in [-0.15, -0.1) is 12.4 Å². The molecule has 1 aromatic carbocycles. The molecule has 0 aliphatic carbocycles. The summed E-state index contributed by atoms with van der Waals surface area (Å²) in [5.74, 6) is 0.878. The first-order chi connectivity index (χ1) is 14.2. The van der Waals surface area contributed by atoms with Crippen molar-refractivity contribution in [2.45, 2.75) is 13.8 Å². The molecule has 0 aliphatic rings. The van der Waals surface area contributed by atoms with E-state index in [9.17, 15) is 13.2 Å². The van der Waals surface area contributed by atoms with Crippen molar-refractivity contribution >= 4 is 55.0 Å². The number of rotatable bonds is 11. The molecule has 0 unspecified atom stereocenters. The number of anilines is 1. The fourth-order valence-corrected chi connectivity index (χ4v) is 4.35. The highest BCUT2D eigenvalue weighted by atomic mass is 35.5. The molecule has 0 saturated heterocycles. The number of thiazole rings is 1. The van der Waals surface area contributed by atoms with Crippen molar-refractivity contribution in [3.63, 3.8) is 0 Å². The van der Waals surface area contributed by atoms with E-state index in [2.05, 4.69) is 23.7 Å². The number of nitrogens with zero attached hydrogens (tertiary/aromatic N) is 4. The third kappa shape index (κ3) is 6.66. The fraction of sp³-hybridized carbons (Fsp3) is 0.579. The number of carbonyl (C=O) groups is 1. The first-order valence-electron chi connectivity index (χ1n) is 9.61. The highest BCUT2D eigenvalue weighted by molar-refractivity contribution is 7.88. The Morgan fingerprint density at radius 1 is 1.10 bits per heavy atom. The van der Waals surface area contributed by atoms with E-state index in [4.69, 9.17) is 9.47 Å². The van der Waals surface area contributed by atoms with Crippen LogP contribution in [-0.2, 0) is 14.8 Å². The number of benzene rings is 1. The molecule has 0 bridgehead atoms. The Morgan fingerprint density at radius 2 is 1.68 bits per heavy atom. The first kappa shape index (κ1) is 27.4. The number of ether oxygens (including phenoxy) is 2. The van der Waals surface area contributed by atoms with Crippen LogP contribution in [0.15, 0.2) is 12.1 Å². The molecule has 0 aliphatic heterocycles. The number of carbonyl (C=O) groups excluding carboxylic acids is 1. The van der Waals surface area contributed by atoms with Gasteiger partial charge in [-0.2, -0.15) is 4.31 Å². The highest BCUT2D eigenvalue weighted by Gasteiger charge is 2.25. The monoisotopic (exact) mass is 494 g/mol. The molecule has 31 heavy (non-hydrogen) atoms. The van der Waals surface area contributed by atoms with E-state index in [0.29, 0.717) is 35.2 Å². The number of likely N-dealkylation sites (N-methyl/N-ethyl adjacent to an activating group) is 2. The molecule has 2 rings (SSSR count). The van der Waals surface area contributed by atoms with E-state index in [1.165, 1.54) is 18.4 Å². The number of halogens is 1. The van der Waals surface area contributed by atoms with Crippen LogP contribution in [-0.4, -0.2) is 88.8 Å². The van der Waals surface area contributed by atoms with Gasteiger partial charge in [-0.3, -0.25) is 9.69 Å². The maximum atomic E-state index is 13.1. The minimum atomic E-state index is -3.48. The summed E-state index contributed by atoms with van der Waals surface area (Å²) in [6.45, 7) is 6.59. The van der Waals surface area contributed by atoms with Gasteiger partial charge < -0.3 is 14.4 Å². The average molecular weight is 495 g/mol. The Balaban J connectivity index is 0.00000480. The lowest BCUT2D eigenvalue weighted by atomic mass is 10.3. The van der Waals surface area contributed by atoms with Crippen molar-refractivity contribution < 1.29 is 22.7 Å². The van der Waals surface area contributed by atoms with E-state index in [1.54, 1.807) is 31.3 Å². The van der Waals surface area contributed by atoms with Crippen LogP contribution < -0.4 is 14.4 Å². The molecule has 176 valence electrons. The van der Waals surface area contributed by atoms with Gasteiger partial charge in [0.25, 0.3) is 0 Å². The molecule has 0 atom stereocenters. The number of amides is 1. The second-order valence-electron chi connectivity index (χ2n) is 6.74. The summed E-state index contributed by atoms with van der Waals surface area (Å²) in [6.07, 6.45) is 1.08. The lowest BCUT2D eigenvalue weighted by Crippen LogP contribution is -2.44. The lowest BCUT2D eigenvalue weighted by Gasteiger charge is -2.26. The molecule has 0 radical (unpaired) electrons. The molecular formula is C19H31ClN4O5S2. The van der Waals surface area contributed by atoms with Gasteiger partial charge in [-0.1, -0.05) is 25.2 Å². The predicted molar refractivity (Wildman–Crippen MR) is 128 cm³/mol. The molecule has 2 aromatic rings. The van der Waals surface area contributed by atoms with Crippen molar-refractivity contribution in [3.05, 3.63) is 12.1 Å². The number of hydrogen-bond donors (Lipinski definition) is 0. The predicted octanol–water partition coefficient (Wildman–Crippen LogP) is 2.30. The van der Waals surface area contributed by atoms with Crippen molar-refractivity contribution in [2.75, 3.05) is 65.1 Å². The Bertz CT molecular complexity index is 938. The normalized spacial score (nSPS) is 11.6. The minimum absolute atomic E-state index is 0. The summed E-state index contributed by atoms with van der Waals surface area (Å²) < 4.78 is 36.2. The summed E-state index contributed by atoms with van der Waals surface area (Å²) in [7, 11) is 1.04. The average Bonchev–Trinajstić information content (AvgIpc) is 3.14. The maximum Gasteiger partial charge on any atom is 0.244 e. The largest absolute Gasteiger partial charge is 0.495 e. The van der Waals surface area contributed by atoms with Gasteiger partial charge in [-0.05, 0) is 25.2 Å². The molecule has 0 fully saturated rings. The SMILES string of the molecule is CCN(CC)CCN(C(=O)CN(C)S(C)(=O)=O)c1nc2c(OC)ccc(OC)c2s1.Cl. The molecule has 0 spiro atoms. The van der Waals surface area contributed by atoms with Crippen LogP contribution >= 0.6 is 23.7 Å². The fourth-order valence-electron chi connectivity index (χ4n) is 2.89. The van der Waals surface area contributed by atoms with E-state index in [-0.39, 0.29) is 24.9 Å². The zero-order valence-electron chi connectivity index (χ0n) is 18.7. The third-order valence-electron chi connectivity index (χ3n) is 4.89. The molecule has 12 heteroatoms. The number of sulfonamides is 1. The molecule has 1 amide bonds. The van der Waals surface area contributed by atoms with Crippen LogP contribution in [0.2, 0.25) is 0 Å². The van der Waals surface area contributed by atoms with Crippen LogP contribution in [0.3, 0.4) is 0 Å². The van der Waals surface area contributed by atoms with Gasteiger partial charge in [0.1, 0.15) is 21.7 Å². The summed E-state index contributed by atoms with van der Waals surface area (Å²) in [4.78, 5) is 21.5. The Morgan fingerprint density at radius 3 is 2.19 bits per heavy atom. The van der Waals surface area contributed by atoms with Crippen LogP contribution in [0.1, 0.15) is 13.8 Å². The second-order valence-corrected chi connectivity index (χ2v) is 9.80. The highest BCUT2D eigenvalue weighted by Crippen LogP contribution is 2.40. The van der Waals surface area contributed by atoms with Gasteiger partial charge >= 0.3 is 0 Å². The molecule has 0 N–H and O–H groups in total. The van der Waals surface area contributed by atoms with Crippen molar-refractivity contribution in [1.82, 2.24) is 14.2 Å². The number of methoxy groups -OCH3 is 2. The van der Waals surface area contributed by atoms with Gasteiger partial charge in [0.15, 0.2) is 5.13 Å². The Hall–Kier alpha value is -1.66. The van der Waals surface area contributed by atoms with E-state index in [0.717, 1.165) is 28.4 Å². The topological polar surface area (TPSA) is 92.3 Å². The van der Waals surface area contributed by atoms with E-state index < -0.39 is 10.0 Å². The maximum absolute atomic E-state index is 13.1. The van der Waals surface area contributed by atoms with Crippen LogP contribution in [0.4, 0.5) is 5.13 Å². The van der Waals surface area contributed by atoms with Crippen LogP contribution in [0.5, 0.6) is 11.5 Å². The second kappa shape index (κ2) is 11.8. The zero-order valence-corrected chi connectivity index (χ0v) is 21.2. The summed E-state index contributed by atoms with van der Waals surface area (Å²) in [5.41, 5.74) is 0.606. The molecule has 9 nitrogen and oxygen atoms in total. The summed E-state index contributed by atoms with van der Waals surface area (Å²) in [6, 6.07) is 3.56. The van der Waals surface area contributed by atoms with Crippen molar-refractivity contribution in [2.24, 2.45) is 0 Å². The quantitative estimate of drug-likeness (QED) is 0.473. The Labute approximate surface area is 194 Å². The third-order valence-corrected chi connectivity index (χ3v) is 7.24. The summed E-state index contributed by atoms with van der Waals surface area (Å²) in [5, 5.41) is 0.479. The van der Waals surface area contributed by atoms with E-state index in [1.807, 2.05) is 0 Å². The van der Waals surface area contributed by atoms with Crippen molar-refractivity contribution in [1.29, 1.82) is 0 Å². The number of aromatic nitrogens is 1. The zero-order chi connectivity index (χ0) is 22.5. The number of fused-ring (bicyclic) bond motifs is 1. The molecule has 0 saturated carbocycles. The number of hydrogen-bond acceptors (Lipinski definition) is 8. The smallest absolute Gasteiger partial charge is 0.244 e. The van der Waals surface area contributed by atoms with Gasteiger partial charge in [0.2, 0.25) is 15.9 Å². The lowest BCUT2D eigenvalue weighted by molar-refractivity contribution is -0.118. The summed E-state index contributed by atoms with van der Waals surface area (Å²) >= 11 is 1.32. The van der Waals surface area contributed by atoms with Gasteiger partial charge in [-0.25, -0.2) is 13.4 Å². The minimum Gasteiger partial charge on any atom is -0.495 e. The van der Waals surface area contributed by atoms with Crippen LogP contribution in [0.25, 0.3) is 10.2 Å². The van der Waals surface area contributed by atoms with Gasteiger partial charge in [0.05, 0.1) is 27.0 Å². The van der Waals surface area contributed by atoms with Crippen LogP contribution in [0, 0.1) is 0 Å². The van der Waals surface area contributed by atoms with E-state index >= 15 is 0 Å². The Kier molecular flexibility index (Phi) is 10.4. The van der Waals surface area contributed by atoms with Gasteiger partial charge in [0, 0.05) is 20.1 Å². The van der Waals surface area contributed by atoms with Crippen molar-refractivity contribution in [3.8, 4) is 11.5 Å². The molecule has 1 heterocycles. The first-order valence-corrected chi connectivity index (χ1v) is 12.3. The molecule has 1 aromatic heterocycles.